The summed E-state index contributed by atoms with van der Waals surface area (Å²) in [6, 6.07) is 15.2. The third kappa shape index (κ3) is 3.39. The summed E-state index contributed by atoms with van der Waals surface area (Å²) in [5, 5.41) is 0. The van der Waals surface area contributed by atoms with E-state index in [1.807, 2.05) is 62.4 Å². The molecule has 0 amide bonds. The molecule has 1 saturated heterocycles. The van der Waals surface area contributed by atoms with Gasteiger partial charge in [0.25, 0.3) is 0 Å². The first-order chi connectivity index (χ1) is 12.1. The lowest BCUT2D eigenvalue weighted by Crippen LogP contribution is -2.54. The number of carbonyl (C=O) groups is 2. The van der Waals surface area contributed by atoms with Gasteiger partial charge >= 0.3 is 5.97 Å². The predicted octanol–water partition coefficient (Wildman–Crippen LogP) is 5.65. The van der Waals surface area contributed by atoms with E-state index in [1.165, 1.54) is 0 Å². The van der Waals surface area contributed by atoms with Gasteiger partial charge in [0.15, 0.2) is 5.78 Å². The molecule has 0 aliphatic carbocycles. The molecule has 0 spiro atoms. The van der Waals surface area contributed by atoms with Gasteiger partial charge in [-0.1, -0.05) is 56.1 Å². The number of rotatable bonds is 3. The Balaban J connectivity index is 1.94. The Kier molecular flexibility index (Phi) is 5.15. The number of ether oxygens (including phenoxy) is 1. The van der Waals surface area contributed by atoms with Crippen LogP contribution in [0.3, 0.4) is 0 Å². The highest BCUT2D eigenvalue weighted by atomic mass is 79.9. The van der Waals surface area contributed by atoms with E-state index in [0.29, 0.717) is 6.42 Å². The number of Topliss-reactive ketones (excluding diaryl/α,β-unsaturated/α-hetero) is 1. The normalized spacial score (nSPS) is 25.0. The molecule has 2 aromatic carbocycles. The standard InChI is InChI=1S/C21H20Br2O3/c1-20(2)17(14-6-10-16(23)11-7-14)26-19(25)21(3,18(20)24)12-13-4-8-15(22)9-5-13/h4-11,17H,12H2,1-3H3/t17-,21-/m1/s1. The lowest BCUT2D eigenvalue weighted by atomic mass is 9.64. The molecule has 0 radical (unpaired) electrons. The monoisotopic (exact) mass is 478 g/mol. The lowest BCUT2D eigenvalue weighted by molar-refractivity contribution is -0.188. The van der Waals surface area contributed by atoms with Gasteiger partial charge in [-0.05, 0) is 62.6 Å². The van der Waals surface area contributed by atoms with Crippen molar-refractivity contribution in [1.82, 2.24) is 0 Å². The van der Waals surface area contributed by atoms with Gasteiger partial charge in [-0.2, -0.15) is 0 Å². The first-order valence-corrected chi connectivity index (χ1v) is 9.99. The van der Waals surface area contributed by atoms with Gasteiger partial charge in [0.2, 0.25) is 0 Å². The molecule has 0 unspecified atom stereocenters. The summed E-state index contributed by atoms with van der Waals surface area (Å²) in [4.78, 5) is 26.3. The van der Waals surface area contributed by atoms with Crippen LogP contribution in [0.1, 0.15) is 38.0 Å². The van der Waals surface area contributed by atoms with Gasteiger partial charge < -0.3 is 4.74 Å². The van der Waals surface area contributed by atoms with Crippen molar-refractivity contribution in [3.05, 3.63) is 68.6 Å². The van der Waals surface area contributed by atoms with E-state index in [9.17, 15) is 9.59 Å². The van der Waals surface area contributed by atoms with Crippen LogP contribution in [0.5, 0.6) is 0 Å². The van der Waals surface area contributed by atoms with E-state index in [1.54, 1.807) is 6.92 Å². The maximum Gasteiger partial charge on any atom is 0.320 e. The fourth-order valence-corrected chi connectivity index (χ4v) is 4.12. The first-order valence-electron chi connectivity index (χ1n) is 8.40. The van der Waals surface area contributed by atoms with Gasteiger partial charge in [-0.25, -0.2) is 0 Å². The Hall–Kier alpha value is -1.46. The maximum atomic E-state index is 13.4. The summed E-state index contributed by atoms with van der Waals surface area (Å²) in [6.07, 6.45) is -0.261. The Morgan fingerprint density at radius 3 is 1.92 bits per heavy atom. The van der Waals surface area contributed by atoms with Crippen LogP contribution in [0.25, 0.3) is 0 Å². The predicted molar refractivity (Wildman–Crippen MR) is 108 cm³/mol. The van der Waals surface area contributed by atoms with Crippen LogP contribution in [-0.4, -0.2) is 11.8 Å². The SMILES string of the molecule is CC1(C)C(=O)[C@@](C)(Cc2ccc(Br)cc2)C(=O)O[C@@H]1c1ccc(Br)cc1. The molecule has 1 heterocycles. The smallest absolute Gasteiger partial charge is 0.320 e. The van der Waals surface area contributed by atoms with Crippen molar-refractivity contribution < 1.29 is 14.3 Å². The van der Waals surface area contributed by atoms with E-state index >= 15 is 0 Å². The van der Waals surface area contributed by atoms with Crippen LogP contribution in [0.2, 0.25) is 0 Å². The van der Waals surface area contributed by atoms with Crippen molar-refractivity contribution in [1.29, 1.82) is 0 Å². The van der Waals surface area contributed by atoms with Gasteiger partial charge in [-0.15, -0.1) is 0 Å². The molecular formula is C21H20Br2O3. The molecule has 1 fully saturated rings. The second-order valence-electron chi connectivity index (χ2n) is 7.52. The van der Waals surface area contributed by atoms with Gasteiger partial charge in [0, 0.05) is 8.95 Å². The second-order valence-corrected chi connectivity index (χ2v) is 9.35. The molecular weight excluding hydrogens is 460 g/mol. The number of hydrogen-bond donors (Lipinski definition) is 0. The minimum atomic E-state index is -1.19. The summed E-state index contributed by atoms with van der Waals surface area (Å²) in [6.45, 7) is 5.40. The average molecular weight is 480 g/mol. The number of ketones is 1. The highest BCUT2D eigenvalue weighted by molar-refractivity contribution is 9.10. The van der Waals surface area contributed by atoms with Gasteiger partial charge in [0.05, 0.1) is 5.41 Å². The second kappa shape index (κ2) is 6.93. The van der Waals surface area contributed by atoms with E-state index < -0.39 is 22.9 Å². The zero-order valence-corrected chi connectivity index (χ0v) is 18.1. The molecule has 0 bridgehead atoms. The van der Waals surface area contributed by atoms with Crippen LogP contribution in [-0.2, 0) is 20.7 Å². The molecule has 2 atom stereocenters. The van der Waals surface area contributed by atoms with Crippen molar-refractivity contribution in [2.75, 3.05) is 0 Å². The summed E-state index contributed by atoms with van der Waals surface area (Å²) in [5.74, 6) is -0.547. The summed E-state index contributed by atoms with van der Waals surface area (Å²) in [7, 11) is 0. The third-order valence-electron chi connectivity index (χ3n) is 5.06. The zero-order chi connectivity index (χ0) is 19.1. The van der Waals surface area contributed by atoms with E-state index in [0.717, 1.165) is 20.1 Å². The van der Waals surface area contributed by atoms with Gasteiger partial charge in [-0.3, -0.25) is 9.59 Å². The molecule has 0 aromatic heterocycles. The highest BCUT2D eigenvalue weighted by Crippen LogP contribution is 2.49. The minimum Gasteiger partial charge on any atom is -0.456 e. The fraction of sp³-hybridized carbons (Fsp3) is 0.333. The number of benzene rings is 2. The average Bonchev–Trinajstić information content (AvgIpc) is 2.60. The molecule has 0 N–H and O–H groups in total. The fourth-order valence-electron chi connectivity index (χ4n) is 3.59. The van der Waals surface area contributed by atoms with Crippen LogP contribution in [0.15, 0.2) is 57.5 Å². The number of carbonyl (C=O) groups excluding carboxylic acids is 2. The maximum absolute atomic E-state index is 13.4. The molecule has 1 aliphatic heterocycles. The minimum absolute atomic E-state index is 0.0860. The highest BCUT2D eigenvalue weighted by Gasteiger charge is 2.57. The number of hydrogen-bond acceptors (Lipinski definition) is 3. The Labute approximate surface area is 170 Å². The largest absolute Gasteiger partial charge is 0.456 e. The Morgan fingerprint density at radius 2 is 1.38 bits per heavy atom. The number of halogens is 2. The van der Waals surface area contributed by atoms with Crippen molar-refractivity contribution >= 4 is 43.6 Å². The molecule has 1 aliphatic rings. The van der Waals surface area contributed by atoms with Crippen LogP contribution < -0.4 is 0 Å². The number of cyclic esters (lactones) is 1. The van der Waals surface area contributed by atoms with Crippen LogP contribution >= 0.6 is 31.9 Å². The van der Waals surface area contributed by atoms with Gasteiger partial charge in [0.1, 0.15) is 11.5 Å². The summed E-state index contributed by atoms with van der Waals surface area (Å²) in [5.41, 5.74) is -0.251. The molecule has 5 heteroatoms. The Morgan fingerprint density at radius 1 is 0.885 bits per heavy atom. The summed E-state index contributed by atoms with van der Waals surface area (Å²) >= 11 is 6.81. The summed E-state index contributed by atoms with van der Waals surface area (Å²) < 4.78 is 7.72. The van der Waals surface area contributed by atoms with Crippen molar-refractivity contribution in [3.63, 3.8) is 0 Å². The number of esters is 1. The zero-order valence-electron chi connectivity index (χ0n) is 14.9. The quantitative estimate of drug-likeness (QED) is 0.421. The van der Waals surface area contributed by atoms with Crippen LogP contribution in [0.4, 0.5) is 0 Å². The molecule has 2 aromatic rings. The molecule has 3 rings (SSSR count). The van der Waals surface area contributed by atoms with Crippen molar-refractivity contribution in [2.24, 2.45) is 10.8 Å². The topological polar surface area (TPSA) is 43.4 Å². The van der Waals surface area contributed by atoms with E-state index in [-0.39, 0.29) is 5.78 Å². The first kappa shape index (κ1) is 19.3. The van der Waals surface area contributed by atoms with Crippen molar-refractivity contribution in [3.8, 4) is 0 Å². The molecule has 0 saturated carbocycles. The molecule has 3 nitrogen and oxygen atoms in total. The Bertz CT molecular complexity index is 841. The molecule has 26 heavy (non-hydrogen) atoms. The van der Waals surface area contributed by atoms with Crippen LogP contribution in [0, 0.1) is 10.8 Å². The lowest BCUT2D eigenvalue weighted by Gasteiger charge is -2.44. The third-order valence-corrected chi connectivity index (χ3v) is 6.12. The van der Waals surface area contributed by atoms with E-state index in [2.05, 4.69) is 31.9 Å². The molecule has 136 valence electrons. The van der Waals surface area contributed by atoms with E-state index in [4.69, 9.17) is 4.74 Å². The van der Waals surface area contributed by atoms with Crippen molar-refractivity contribution in [2.45, 2.75) is 33.3 Å².